The summed E-state index contributed by atoms with van der Waals surface area (Å²) >= 11 is 6.07. The zero-order valence-electron chi connectivity index (χ0n) is 13.7. The van der Waals surface area contributed by atoms with Crippen molar-refractivity contribution in [2.24, 2.45) is 0 Å². The van der Waals surface area contributed by atoms with Gasteiger partial charge in [0.1, 0.15) is 17.4 Å². The Morgan fingerprint density at radius 3 is 2.62 bits per heavy atom. The molecule has 0 aromatic heterocycles. The molecule has 1 amide bonds. The first kappa shape index (κ1) is 17.6. The van der Waals surface area contributed by atoms with Gasteiger partial charge in [0, 0.05) is 5.69 Å². The largest absolute Gasteiger partial charge is 0.495 e. The molecule has 5 heteroatoms. The lowest BCUT2D eigenvalue weighted by molar-refractivity contribution is -0.112. The molecule has 0 radical (unpaired) electrons. The number of ether oxygens (including phenoxy) is 1. The van der Waals surface area contributed by atoms with Crippen molar-refractivity contribution >= 4 is 29.3 Å². The first-order valence-corrected chi connectivity index (χ1v) is 7.66. The molecule has 0 spiro atoms. The van der Waals surface area contributed by atoms with Crippen molar-refractivity contribution in [2.75, 3.05) is 12.4 Å². The van der Waals surface area contributed by atoms with Gasteiger partial charge in [-0.1, -0.05) is 29.8 Å². The number of aryl methyl sites for hydroxylation is 2. The van der Waals surface area contributed by atoms with Crippen LogP contribution in [-0.4, -0.2) is 13.0 Å². The van der Waals surface area contributed by atoms with E-state index in [1.165, 1.54) is 13.2 Å². The van der Waals surface area contributed by atoms with Crippen LogP contribution >= 0.6 is 11.6 Å². The number of hydrogen-bond acceptors (Lipinski definition) is 3. The van der Waals surface area contributed by atoms with Gasteiger partial charge in [-0.15, -0.1) is 0 Å². The number of methoxy groups -OCH3 is 1. The molecule has 0 atom stereocenters. The summed E-state index contributed by atoms with van der Waals surface area (Å²) < 4.78 is 5.09. The molecule has 4 nitrogen and oxygen atoms in total. The maximum Gasteiger partial charge on any atom is 0.266 e. The Hall–Kier alpha value is -2.77. The number of anilines is 1. The smallest absolute Gasteiger partial charge is 0.266 e. The van der Waals surface area contributed by atoms with Gasteiger partial charge < -0.3 is 10.1 Å². The van der Waals surface area contributed by atoms with Gasteiger partial charge in [0.2, 0.25) is 0 Å². The first-order chi connectivity index (χ1) is 11.4. The average molecular weight is 341 g/mol. The minimum absolute atomic E-state index is 0.00265. The minimum Gasteiger partial charge on any atom is -0.495 e. The number of benzene rings is 2. The number of rotatable bonds is 4. The van der Waals surface area contributed by atoms with E-state index in [0.29, 0.717) is 22.0 Å². The second-order valence-corrected chi connectivity index (χ2v) is 5.74. The Balaban J connectivity index is 2.27. The third-order valence-electron chi connectivity index (χ3n) is 3.49. The number of amides is 1. The van der Waals surface area contributed by atoms with Crippen molar-refractivity contribution in [1.29, 1.82) is 5.26 Å². The average Bonchev–Trinajstić information content (AvgIpc) is 2.56. The van der Waals surface area contributed by atoms with E-state index < -0.39 is 5.91 Å². The molecule has 2 rings (SSSR count). The van der Waals surface area contributed by atoms with Crippen LogP contribution in [0.5, 0.6) is 5.75 Å². The second-order valence-electron chi connectivity index (χ2n) is 5.34. The van der Waals surface area contributed by atoms with Crippen molar-refractivity contribution in [3.63, 3.8) is 0 Å². The van der Waals surface area contributed by atoms with Crippen LogP contribution in [0.3, 0.4) is 0 Å². The van der Waals surface area contributed by atoms with Crippen molar-refractivity contribution in [3.05, 3.63) is 63.7 Å². The summed E-state index contributed by atoms with van der Waals surface area (Å²) in [5, 5.41) is 12.5. The summed E-state index contributed by atoms with van der Waals surface area (Å²) in [5.41, 5.74) is 3.29. The number of carbonyl (C=O) groups excluding carboxylic acids is 1. The van der Waals surface area contributed by atoms with E-state index in [4.69, 9.17) is 16.3 Å². The predicted octanol–water partition coefficient (Wildman–Crippen LogP) is 4.51. The van der Waals surface area contributed by atoms with Gasteiger partial charge in [0.25, 0.3) is 5.91 Å². The molecule has 0 saturated carbocycles. The topological polar surface area (TPSA) is 62.1 Å². The number of carbonyl (C=O) groups is 1. The van der Waals surface area contributed by atoms with E-state index in [0.717, 1.165) is 11.1 Å². The van der Waals surface area contributed by atoms with Crippen molar-refractivity contribution in [2.45, 2.75) is 13.8 Å². The van der Waals surface area contributed by atoms with Gasteiger partial charge in [-0.25, -0.2) is 0 Å². The van der Waals surface area contributed by atoms with Crippen LogP contribution in [0, 0.1) is 25.2 Å². The van der Waals surface area contributed by atoms with Gasteiger partial charge in [0.15, 0.2) is 0 Å². The van der Waals surface area contributed by atoms with Crippen LogP contribution < -0.4 is 10.1 Å². The van der Waals surface area contributed by atoms with Crippen molar-refractivity contribution in [1.82, 2.24) is 0 Å². The van der Waals surface area contributed by atoms with Gasteiger partial charge in [-0.3, -0.25) is 4.79 Å². The minimum atomic E-state index is -0.460. The van der Waals surface area contributed by atoms with Crippen LogP contribution in [0.15, 0.2) is 42.0 Å². The van der Waals surface area contributed by atoms with Gasteiger partial charge in [-0.05, 0) is 54.8 Å². The Kier molecular flexibility index (Phi) is 5.62. The molecule has 122 valence electrons. The Labute approximate surface area is 146 Å². The quantitative estimate of drug-likeness (QED) is 0.658. The van der Waals surface area contributed by atoms with E-state index in [9.17, 15) is 10.1 Å². The van der Waals surface area contributed by atoms with E-state index >= 15 is 0 Å². The molecule has 2 aromatic carbocycles. The van der Waals surface area contributed by atoms with Gasteiger partial charge in [0.05, 0.1) is 12.1 Å². The normalized spacial score (nSPS) is 10.9. The third-order valence-corrected chi connectivity index (χ3v) is 3.79. The molecule has 0 aliphatic rings. The predicted molar refractivity (Wildman–Crippen MR) is 96.1 cm³/mol. The van der Waals surface area contributed by atoms with Crippen molar-refractivity contribution < 1.29 is 9.53 Å². The number of hydrogen-bond donors (Lipinski definition) is 1. The summed E-state index contributed by atoms with van der Waals surface area (Å²) in [5.74, 6) is 0.0744. The zero-order valence-corrected chi connectivity index (χ0v) is 14.4. The Morgan fingerprint density at radius 2 is 2.00 bits per heavy atom. The fourth-order valence-electron chi connectivity index (χ4n) is 2.15. The van der Waals surface area contributed by atoms with Crippen LogP contribution in [0.2, 0.25) is 5.02 Å². The fraction of sp³-hybridized carbons (Fsp3) is 0.158. The maximum atomic E-state index is 12.4. The van der Waals surface area contributed by atoms with Crippen LogP contribution in [0.25, 0.3) is 6.08 Å². The second kappa shape index (κ2) is 7.67. The van der Waals surface area contributed by atoms with Crippen molar-refractivity contribution in [3.8, 4) is 11.8 Å². The molecule has 1 N–H and O–H groups in total. The maximum absolute atomic E-state index is 12.4. The Bertz CT molecular complexity index is 851. The molecule has 0 aliphatic heterocycles. The zero-order chi connectivity index (χ0) is 17.7. The SMILES string of the molecule is COc1ccc(/C=C(\C#N)C(=O)Nc2cc(C)ccc2C)cc1Cl. The highest BCUT2D eigenvalue weighted by Gasteiger charge is 2.11. The summed E-state index contributed by atoms with van der Waals surface area (Å²) in [6.45, 7) is 3.84. The van der Waals surface area contributed by atoms with Crippen LogP contribution in [0.4, 0.5) is 5.69 Å². The highest BCUT2D eigenvalue weighted by atomic mass is 35.5. The van der Waals surface area contributed by atoms with E-state index in [1.54, 1.807) is 18.2 Å². The van der Waals surface area contributed by atoms with E-state index in [-0.39, 0.29) is 5.57 Å². The standard InChI is InChI=1S/C19H17ClN2O2/c1-12-4-5-13(2)17(8-12)22-19(23)15(11-21)9-14-6-7-18(24-3)16(20)10-14/h4-10H,1-3H3,(H,22,23)/b15-9+. The summed E-state index contributed by atoms with van der Waals surface area (Å²) in [7, 11) is 1.52. The molecule has 0 bridgehead atoms. The molecular weight excluding hydrogens is 324 g/mol. The highest BCUT2D eigenvalue weighted by Crippen LogP contribution is 2.26. The molecular formula is C19H17ClN2O2. The summed E-state index contributed by atoms with van der Waals surface area (Å²) in [4.78, 5) is 12.4. The fourth-order valence-corrected chi connectivity index (χ4v) is 2.41. The molecule has 2 aromatic rings. The monoisotopic (exact) mass is 340 g/mol. The first-order valence-electron chi connectivity index (χ1n) is 7.28. The van der Waals surface area contributed by atoms with Gasteiger partial charge >= 0.3 is 0 Å². The lowest BCUT2D eigenvalue weighted by Crippen LogP contribution is -2.14. The molecule has 24 heavy (non-hydrogen) atoms. The number of nitrogens with one attached hydrogen (secondary N) is 1. The lowest BCUT2D eigenvalue weighted by atomic mass is 10.1. The Morgan fingerprint density at radius 1 is 1.25 bits per heavy atom. The summed E-state index contributed by atoms with van der Waals surface area (Å²) in [6, 6.07) is 12.7. The van der Waals surface area contributed by atoms with E-state index in [2.05, 4.69) is 5.32 Å². The van der Waals surface area contributed by atoms with Crippen LogP contribution in [0.1, 0.15) is 16.7 Å². The van der Waals surface area contributed by atoms with Gasteiger partial charge in [-0.2, -0.15) is 5.26 Å². The molecule has 0 aliphatic carbocycles. The molecule has 0 saturated heterocycles. The number of nitriles is 1. The highest BCUT2D eigenvalue weighted by molar-refractivity contribution is 6.32. The van der Waals surface area contributed by atoms with Crippen LogP contribution in [-0.2, 0) is 4.79 Å². The number of halogens is 1. The van der Waals surface area contributed by atoms with E-state index in [1.807, 2.05) is 38.1 Å². The third kappa shape index (κ3) is 4.15. The lowest BCUT2D eigenvalue weighted by Gasteiger charge is -2.09. The molecule has 0 heterocycles. The summed E-state index contributed by atoms with van der Waals surface area (Å²) in [6.07, 6.45) is 1.49. The molecule has 0 fully saturated rings. The number of nitrogens with zero attached hydrogens (tertiary/aromatic N) is 1. The molecule has 0 unspecified atom stereocenters.